The minimum Gasteiger partial charge on any atom is -0.489 e. The molecule has 0 unspecified atom stereocenters. The summed E-state index contributed by atoms with van der Waals surface area (Å²) in [5.41, 5.74) is -0.363. The highest BCUT2D eigenvalue weighted by atomic mass is 19.1. The summed E-state index contributed by atoms with van der Waals surface area (Å²) in [4.78, 5) is 11.0. The van der Waals surface area contributed by atoms with Crippen LogP contribution in [0.3, 0.4) is 0 Å². The molecule has 0 amide bonds. The summed E-state index contributed by atoms with van der Waals surface area (Å²) >= 11 is 0. The van der Waals surface area contributed by atoms with E-state index in [0.29, 0.717) is 0 Å². The van der Waals surface area contributed by atoms with Gasteiger partial charge in [0.15, 0.2) is 0 Å². The number of aromatic carboxylic acids is 1. The van der Waals surface area contributed by atoms with Gasteiger partial charge in [-0.2, -0.15) is 0 Å². The van der Waals surface area contributed by atoms with Crippen LogP contribution in [0.4, 0.5) is 4.39 Å². The van der Waals surface area contributed by atoms with Gasteiger partial charge in [-0.05, 0) is 37.8 Å². The number of carboxylic acids is 1. The van der Waals surface area contributed by atoms with E-state index in [1.165, 1.54) is 18.6 Å². The molecule has 1 aliphatic carbocycles. The van der Waals surface area contributed by atoms with Crippen LogP contribution in [0.15, 0.2) is 18.2 Å². The van der Waals surface area contributed by atoms with Gasteiger partial charge < -0.3 is 9.84 Å². The Balaban J connectivity index is 2.19. The third-order valence-electron chi connectivity index (χ3n) is 3.04. The van der Waals surface area contributed by atoms with Crippen LogP contribution in [0, 0.1) is 5.82 Å². The van der Waals surface area contributed by atoms with Crippen LogP contribution in [0.1, 0.15) is 42.5 Å². The zero-order valence-electron chi connectivity index (χ0n) is 9.49. The van der Waals surface area contributed by atoms with Gasteiger partial charge in [0.05, 0.1) is 6.10 Å². The number of carboxylic acid groups (broad SMARTS) is 1. The number of benzene rings is 1. The van der Waals surface area contributed by atoms with E-state index in [1.54, 1.807) is 0 Å². The van der Waals surface area contributed by atoms with Crippen molar-refractivity contribution in [1.29, 1.82) is 0 Å². The van der Waals surface area contributed by atoms with Gasteiger partial charge in [0, 0.05) is 0 Å². The summed E-state index contributed by atoms with van der Waals surface area (Å²) in [6, 6.07) is 4.12. The summed E-state index contributed by atoms with van der Waals surface area (Å²) < 4.78 is 19.0. The van der Waals surface area contributed by atoms with Crippen LogP contribution in [-0.2, 0) is 0 Å². The van der Waals surface area contributed by atoms with E-state index < -0.39 is 11.8 Å². The molecule has 0 bridgehead atoms. The summed E-state index contributed by atoms with van der Waals surface area (Å²) in [7, 11) is 0. The summed E-state index contributed by atoms with van der Waals surface area (Å²) in [5.74, 6) is -1.89. The lowest BCUT2D eigenvalue weighted by Crippen LogP contribution is -2.21. The molecule has 1 aliphatic rings. The smallest absolute Gasteiger partial charge is 0.342 e. The number of ether oxygens (including phenoxy) is 1. The van der Waals surface area contributed by atoms with E-state index in [-0.39, 0.29) is 17.4 Å². The number of carbonyl (C=O) groups is 1. The maximum Gasteiger partial charge on any atom is 0.342 e. The maximum atomic E-state index is 13.4. The SMILES string of the molecule is O=C(O)c1c(F)cccc1OC1CCCCC1. The zero-order chi connectivity index (χ0) is 12.3. The minimum absolute atomic E-state index is 0.0173. The molecule has 0 heterocycles. The predicted octanol–water partition coefficient (Wildman–Crippen LogP) is 3.24. The Morgan fingerprint density at radius 2 is 2.00 bits per heavy atom. The first kappa shape index (κ1) is 11.9. The molecule has 1 aromatic rings. The number of hydrogen-bond donors (Lipinski definition) is 1. The molecule has 1 saturated carbocycles. The van der Waals surface area contributed by atoms with Gasteiger partial charge in [0.25, 0.3) is 0 Å². The molecule has 1 fully saturated rings. The normalized spacial score (nSPS) is 16.8. The van der Waals surface area contributed by atoms with Crippen molar-refractivity contribution in [1.82, 2.24) is 0 Å². The van der Waals surface area contributed by atoms with E-state index >= 15 is 0 Å². The lowest BCUT2D eigenvalue weighted by molar-refractivity contribution is 0.0680. The van der Waals surface area contributed by atoms with Crippen molar-refractivity contribution in [2.75, 3.05) is 0 Å². The average Bonchev–Trinajstić information content (AvgIpc) is 2.30. The molecule has 3 nitrogen and oxygen atoms in total. The lowest BCUT2D eigenvalue weighted by Gasteiger charge is -2.23. The Hall–Kier alpha value is -1.58. The Bertz CT molecular complexity index is 411. The van der Waals surface area contributed by atoms with Crippen molar-refractivity contribution in [2.45, 2.75) is 38.2 Å². The predicted molar refractivity (Wildman–Crippen MR) is 60.9 cm³/mol. The van der Waals surface area contributed by atoms with Crippen molar-refractivity contribution >= 4 is 5.97 Å². The average molecular weight is 238 g/mol. The van der Waals surface area contributed by atoms with Crippen LogP contribution in [0.2, 0.25) is 0 Å². The number of halogens is 1. The fourth-order valence-corrected chi connectivity index (χ4v) is 2.17. The number of hydrogen-bond acceptors (Lipinski definition) is 2. The maximum absolute atomic E-state index is 13.4. The van der Waals surface area contributed by atoms with Crippen LogP contribution in [0.25, 0.3) is 0 Å². The molecule has 0 atom stereocenters. The topological polar surface area (TPSA) is 46.5 Å². The molecule has 1 N–H and O–H groups in total. The molecule has 0 saturated heterocycles. The van der Waals surface area contributed by atoms with Gasteiger partial charge in [-0.25, -0.2) is 9.18 Å². The monoisotopic (exact) mass is 238 g/mol. The molecule has 0 aromatic heterocycles. The highest BCUT2D eigenvalue weighted by molar-refractivity contribution is 5.91. The Morgan fingerprint density at radius 3 is 2.65 bits per heavy atom. The largest absolute Gasteiger partial charge is 0.489 e. The van der Waals surface area contributed by atoms with E-state index in [2.05, 4.69) is 0 Å². The second kappa shape index (κ2) is 5.17. The minimum atomic E-state index is -1.28. The zero-order valence-corrected chi connectivity index (χ0v) is 9.49. The van der Waals surface area contributed by atoms with Gasteiger partial charge in [0.2, 0.25) is 0 Å². The Labute approximate surface area is 99.2 Å². The van der Waals surface area contributed by atoms with Crippen molar-refractivity contribution in [3.8, 4) is 5.75 Å². The fourth-order valence-electron chi connectivity index (χ4n) is 2.17. The standard InChI is InChI=1S/C13H15FO3/c14-10-7-4-8-11(12(10)13(15)16)17-9-5-2-1-3-6-9/h4,7-9H,1-3,5-6H2,(H,15,16). The van der Waals surface area contributed by atoms with Gasteiger partial charge in [-0.15, -0.1) is 0 Å². The molecule has 1 aromatic carbocycles. The molecular weight excluding hydrogens is 223 g/mol. The second-order valence-corrected chi connectivity index (χ2v) is 4.30. The van der Waals surface area contributed by atoms with Crippen LogP contribution < -0.4 is 4.74 Å². The van der Waals surface area contributed by atoms with Gasteiger partial charge >= 0.3 is 5.97 Å². The molecule has 92 valence electrons. The molecule has 0 radical (unpaired) electrons. The molecule has 4 heteroatoms. The van der Waals surface area contributed by atoms with Crippen molar-refractivity contribution in [3.63, 3.8) is 0 Å². The molecule has 17 heavy (non-hydrogen) atoms. The third kappa shape index (κ3) is 2.75. The third-order valence-corrected chi connectivity index (χ3v) is 3.04. The van der Waals surface area contributed by atoms with Gasteiger partial charge in [-0.1, -0.05) is 12.5 Å². The molecule has 0 spiro atoms. The van der Waals surface area contributed by atoms with Crippen molar-refractivity contribution < 1.29 is 19.0 Å². The summed E-state index contributed by atoms with van der Waals surface area (Å²) in [6.07, 6.45) is 5.20. The Kier molecular flexibility index (Phi) is 3.61. The molecular formula is C13H15FO3. The van der Waals surface area contributed by atoms with Gasteiger partial charge in [-0.3, -0.25) is 0 Å². The van der Waals surface area contributed by atoms with E-state index in [9.17, 15) is 9.18 Å². The Morgan fingerprint density at radius 1 is 1.29 bits per heavy atom. The highest BCUT2D eigenvalue weighted by Crippen LogP contribution is 2.27. The fraction of sp³-hybridized carbons (Fsp3) is 0.462. The number of rotatable bonds is 3. The van der Waals surface area contributed by atoms with E-state index in [4.69, 9.17) is 9.84 Å². The second-order valence-electron chi connectivity index (χ2n) is 4.30. The highest BCUT2D eigenvalue weighted by Gasteiger charge is 2.21. The first-order valence-electron chi connectivity index (χ1n) is 5.87. The quantitative estimate of drug-likeness (QED) is 0.879. The first-order chi connectivity index (χ1) is 8.18. The van der Waals surface area contributed by atoms with Crippen LogP contribution >= 0.6 is 0 Å². The van der Waals surface area contributed by atoms with Crippen LogP contribution in [-0.4, -0.2) is 17.2 Å². The van der Waals surface area contributed by atoms with Crippen molar-refractivity contribution in [2.24, 2.45) is 0 Å². The molecule has 0 aliphatic heterocycles. The molecule has 2 rings (SSSR count). The van der Waals surface area contributed by atoms with Gasteiger partial charge in [0.1, 0.15) is 17.1 Å². The van der Waals surface area contributed by atoms with Crippen LogP contribution in [0.5, 0.6) is 5.75 Å². The summed E-state index contributed by atoms with van der Waals surface area (Å²) in [5, 5.41) is 8.96. The lowest BCUT2D eigenvalue weighted by atomic mass is 9.97. The van der Waals surface area contributed by atoms with E-state index in [1.807, 2.05) is 0 Å². The summed E-state index contributed by atoms with van der Waals surface area (Å²) in [6.45, 7) is 0. The van der Waals surface area contributed by atoms with Crippen molar-refractivity contribution in [3.05, 3.63) is 29.6 Å². The van der Waals surface area contributed by atoms with E-state index in [0.717, 1.165) is 31.7 Å². The first-order valence-corrected chi connectivity index (χ1v) is 5.87.